The largest absolute Gasteiger partial charge is 0.398 e. The summed E-state index contributed by atoms with van der Waals surface area (Å²) in [4.78, 5) is 0. The first kappa shape index (κ1) is 22.5. The number of unbranched alkanes of at least 4 members (excludes halogenated alkanes) is 2. The minimum absolute atomic E-state index is 0.123. The summed E-state index contributed by atoms with van der Waals surface area (Å²) in [5.41, 5.74) is 1.66. The second kappa shape index (κ2) is 8.69. The molecule has 2 aromatic carbocycles. The van der Waals surface area contributed by atoms with E-state index in [1.807, 2.05) is 31.2 Å². The normalized spacial score (nSPS) is 14.7. The van der Waals surface area contributed by atoms with Crippen LogP contribution in [0.3, 0.4) is 0 Å². The molecule has 1 atom stereocenters. The first-order valence-corrected chi connectivity index (χ1v) is 9.97. The van der Waals surface area contributed by atoms with Crippen LogP contribution in [-0.4, -0.2) is 38.3 Å². The van der Waals surface area contributed by atoms with Gasteiger partial charge in [0.05, 0.1) is 33.1 Å². The van der Waals surface area contributed by atoms with Crippen molar-refractivity contribution < 1.29 is 17.7 Å². The topological polar surface area (TPSA) is 0 Å². The summed E-state index contributed by atoms with van der Waals surface area (Å²) >= 11 is 0. The molecule has 4 heteroatoms. The molecule has 0 saturated heterocycles. The predicted molar refractivity (Wildman–Crippen MR) is 111 cm³/mol. The van der Waals surface area contributed by atoms with E-state index in [0.717, 1.165) is 40.6 Å². The zero-order chi connectivity index (χ0) is 21.0. The summed E-state index contributed by atoms with van der Waals surface area (Å²) in [5.74, 6) is 0. The fourth-order valence-corrected chi connectivity index (χ4v) is 3.47. The van der Waals surface area contributed by atoms with E-state index in [9.17, 15) is 13.2 Å². The Bertz CT molecular complexity index is 739. The zero-order valence-electron chi connectivity index (χ0n) is 17.7. The van der Waals surface area contributed by atoms with Crippen LogP contribution in [-0.2, 0) is 5.41 Å². The van der Waals surface area contributed by atoms with Crippen LogP contribution in [0.5, 0.6) is 0 Å². The molecule has 0 bridgehead atoms. The van der Waals surface area contributed by atoms with Crippen molar-refractivity contribution in [3.05, 3.63) is 59.7 Å². The molecule has 28 heavy (non-hydrogen) atoms. The smallest absolute Gasteiger partial charge is 0.331 e. The van der Waals surface area contributed by atoms with Crippen LogP contribution in [0.25, 0.3) is 11.1 Å². The third-order valence-electron chi connectivity index (χ3n) is 5.54. The molecule has 0 heterocycles. The van der Waals surface area contributed by atoms with Gasteiger partial charge in [-0.2, -0.15) is 13.2 Å². The van der Waals surface area contributed by atoms with Gasteiger partial charge in [-0.3, -0.25) is 0 Å². The SMILES string of the molecule is Cc1ccc(-c2ccc(C(C)(CCCCC[N+](C)(C)C)C(F)(F)F)cc2)cc1. The average molecular weight is 393 g/mol. The molecule has 0 saturated carbocycles. The summed E-state index contributed by atoms with van der Waals surface area (Å²) in [5, 5.41) is 0. The van der Waals surface area contributed by atoms with Crippen LogP contribution in [0.1, 0.15) is 43.7 Å². The Labute approximate surface area is 167 Å². The molecule has 154 valence electrons. The lowest BCUT2D eigenvalue weighted by molar-refractivity contribution is -0.870. The lowest BCUT2D eigenvalue weighted by Crippen LogP contribution is -2.39. The Kier molecular flexibility index (Phi) is 6.97. The molecular formula is C24H33F3N+. The summed E-state index contributed by atoms with van der Waals surface area (Å²) in [7, 11) is 6.32. The molecular weight excluding hydrogens is 359 g/mol. The zero-order valence-corrected chi connectivity index (χ0v) is 17.7. The molecule has 0 spiro atoms. The van der Waals surface area contributed by atoms with Gasteiger partial charge >= 0.3 is 6.18 Å². The molecule has 1 nitrogen and oxygen atoms in total. The third kappa shape index (κ3) is 5.84. The van der Waals surface area contributed by atoms with Gasteiger partial charge in [0.25, 0.3) is 0 Å². The number of quaternary nitrogens is 1. The van der Waals surface area contributed by atoms with Gasteiger partial charge in [0.15, 0.2) is 0 Å². The van der Waals surface area contributed by atoms with Crippen molar-refractivity contribution in [3.63, 3.8) is 0 Å². The van der Waals surface area contributed by atoms with Gasteiger partial charge in [-0.15, -0.1) is 0 Å². The second-order valence-corrected chi connectivity index (χ2v) is 9.10. The quantitative estimate of drug-likeness (QED) is 0.344. The van der Waals surface area contributed by atoms with E-state index in [0.29, 0.717) is 12.0 Å². The van der Waals surface area contributed by atoms with Crippen LogP contribution in [0, 0.1) is 6.92 Å². The van der Waals surface area contributed by atoms with E-state index in [1.165, 1.54) is 6.92 Å². The molecule has 0 radical (unpaired) electrons. The molecule has 0 fully saturated rings. The third-order valence-corrected chi connectivity index (χ3v) is 5.54. The lowest BCUT2D eigenvalue weighted by Gasteiger charge is -2.33. The number of hydrogen-bond acceptors (Lipinski definition) is 0. The van der Waals surface area contributed by atoms with Gasteiger partial charge in [-0.1, -0.05) is 60.5 Å². The van der Waals surface area contributed by atoms with Crippen molar-refractivity contribution in [1.82, 2.24) is 0 Å². The maximum absolute atomic E-state index is 14.0. The summed E-state index contributed by atoms with van der Waals surface area (Å²) in [6.07, 6.45) is -1.79. The molecule has 2 aromatic rings. The predicted octanol–water partition coefficient (Wildman–Crippen LogP) is 6.75. The van der Waals surface area contributed by atoms with Crippen LogP contribution in [0.15, 0.2) is 48.5 Å². The first-order valence-electron chi connectivity index (χ1n) is 9.97. The van der Waals surface area contributed by atoms with Gasteiger partial charge in [-0.25, -0.2) is 0 Å². The monoisotopic (exact) mass is 392 g/mol. The molecule has 0 aliphatic carbocycles. The highest BCUT2D eigenvalue weighted by molar-refractivity contribution is 5.64. The number of alkyl halides is 3. The number of nitrogens with zero attached hydrogens (tertiary/aromatic N) is 1. The number of benzene rings is 2. The average Bonchev–Trinajstić information content (AvgIpc) is 2.60. The van der Waals surface area contributed by atoms with E-state index in [2.05, 4.69) is 21.1 Å². The van der Waals surface area contributed by atoms with Crippen molar-refractivity contribution in [2.75, 3.05) is 27.7 Å². The molecule has 1 unspecified atom stereocenters. The summed E-state index contributed by atoms with van der Waals surface area (Å²) in [6.45, 7) is 4.34. The number of aryl methyl sites for hydroxylation is 1. The molecule has 0 aromatic heterocycles. The highest BCUT2D eigenvalue weighted by atomic mass is 19.4. The van der Waals surface area contributed by atoms with E-state index < -0.39 is 11.6 Å². The highest BCUT2D eigenvalue weighted by Crippen LogP contribution is 2.45. The minimum atomic E-state index is -4.27. The highest BCUT2D eigenvalue weighted by Gasteiger charge is 2.51. The van der Waals surface area contributed by atoms with Crippen molar-refractivity contribution in [2.45, 2.75) is 51.1 Å². The van der Waals surface area contributed by atoms with Gasteiger partial charge in [0.1, 0.15) is 0 Å². The molecule has 2 rings (SSSR count). The van der Waals surface area contributed by atoms with E-state index in [-0.39, 0.29) is 6.42 Å². The number of hydrogen-bond donors (Lipinski definition) is 0. The van der Waals surface area contributed by atoms with Crippen LogP contribution < -0.4 is 0 Å². The maximum atomic E-state index is 14.0. The number of rotatable bonds is 8. The Balaban J connectivity index is 2.12. The fraction of sp³-hybridized carbons (Fsp3) is 0.500. The Morgan fingerprint density at radius 3 is 1.71 bits per heavy atom. The summed E-state index contributed by atoms with van der Waals surface area (Å²) in [6, 6.07) is 14.9. The van der Waals surface area contributed by atoms with Gasteiger partial charge in [0, 0.05) is 0 Å². The van der Waals surface area contributed by atoms with E-state index in [4.69, 9.17) is 0 Å². The molecule has 0 amide bonds. The first-order chi connectivity index (χ1) is 12.9. The Morgan fingerprint density at radius 2 is 1.25 bits per heavy atom. The van der Waals surface area contributed by atoms with Crippen molar-refractivity contribution in [1.29, 1.82) is 0 Å². The van der Waals surface area contributed by atoms with Crippen LogP contribution >= 0.6 is 0 Å². The standard InChI is InChI=1S/C24H33F3N/c1-19-9-11-20(12-10-19)21-13-15-22(16-14-21)23(2,24(25,26)27)17-7-6-8-18-28(3,4)5/h9-16H,6-8,17-18H2,1-5H3/q+1. The van der Waals surface area contributed by atoms with Gasteiger partial charge in [-0.05, 0) is 49.8 Å². The van der Waals surface area contributed by atoms with Gasteiger partial charge < -0.3 is 4.48 Å². The maximum Gasteiger partial charge on any atom is 0.398 e. The minimum Gasteiger partial charge on any atom is -0.331 e. The van der Waals surface area contributed by atoms with Crippen molar-refractivity contribution in [3.8, 4) is 11.1 Å². The fourth-order valence-electron chi connectivity index (χ4n) is 3.47. The second-order valence-electron chi connectivity index (χ2n) is 9.10. The molecule has 0 N–H and O–H groups in total. The molecule has 0 aliphatic heterocycles. The van der Waals surface area contributed by atoms with Gasteiger partial charge in [0.2, 0.25) is 0 Å². The molecule has 0 aliphatic rings. The Morgan fingerprint density at radius 1 is 0.750 bits per heavy atom. The number of halogens is 3. The van der Waals surface area contributed by atoms with Crippen LogP contribution in [0.4, 0.5) is 13.2 Å². The Hall–Kier alpha value is -1.81. The lowest BCUT2D eigenvalue weighted by atomic mass is 9.77. The van der Waals surface area contributed by atoms with E-state index >= 15 is 0 Å². The summed E-state index contributed by atoms with van der Waals surface area (Å²) < 4.78 is 42.7. The van der Waals surface area contributed by atoms with E-state index in [1.54, 1.807) is 24.3 Å². The van der Waals surface area contributed by atoms with Crippen molar-refractivity contribution in [2.24, 2.45) is 0 Å². The van der Waals surface area contributed by atoms with Crippen LogP contribution in [0.2, 0.25) is 0 Å². The van der Waals surface area contributed by atoms with Crippen molar-refractivity contribution >= 4 is 0 Å².